The monoisotopic (exact) mass is 305 g/mol. The number of benzene rings is 1. The Hall–Kier alpha value is -2.08. The highest BCUT2D eigenvalue weighted by Gasteiger charge is 2.05. The van der Waals surface area contributed by atoms with E-state index < -0.39 is 0 Å². The number of nitrogens with two attached hydrogens (primary N) is 1. The highest BCUT2D eigenvalue weighted by molar-refractivity contribution is 5.94. The zero-order valence-corrected chi connectivity index (χ0v) is 13.7. The molecule has 1 aromatic rings. The van der Waals surface area contributed by atoms with Gasteiger partial charge in [0, 0.05) is 25.2 Å². The standard InChI is InChI=1S/C16H27N5O/c1-4-8-19-16(17)20-12-13-6-5-7-14(11-13)15(22)18-9-10-21(2)3/h5-7,11H,4,8-10,12H2,1-3H3,(H,18,22)(H3,17,19,20). The van der Waals surface area contributed by atoms with E-state index in [0.717, 1.165) is 25.1 Å². The van der Waals surface area contributed by atoms with Crippen LogP contribution in [0.25, 0.3) is 0 Å². The van der Waals surface area contributed by atoms with Gasteiger partial charge in [-0.15, -0.1) is 0 Å². The molecule has 6 nitrogen and oxygen atoms in total. The third-order valence-electron chi connectivity index (χ3n) is 3.02. The van der Waals surface area contributed by atoms with Gasteiger partial charge in [-0.1, -0.05) is 19.1 Å². The summed E-state index contributed by atoms with van der Waals surface area (Å²) in [6.45, 7) is 4.78. The van der Waals surface area contributed by atoms with Crippen LogP contribution >= 0.6 is 0 Å². The normalized spacial score (nSPS) is 11.5. The molecule has 0 spiro atoms. The van der Waals surface area contributed by atoms with Gasteiger partial charge in [0.15, 0.2) is 5.96 Å². The molecule has 0 heterocycles. The van der Waals surface area contributed by atoms with Crippen LogP contribution < -0.4 is 16.4 Å². The van der Waals surface area contributed by atoms with E-state index in [1.54, 1.807) is 6.07 Å². The summed E-state index contributed by atoms with van der Waals surface area (Å²) in [5.41, 5.74) is 7.36. The molecule has 0 aliphatic carbocycles. The number of nitrogens with one attached hydrogen (secondary N) is 2. The number of carbonyl (C=O) groups excluding carboxylic acids is 1. The van der Waals surface area contributed by atoms with Crippen LogP contribution in [-0.4, -0.2) is 50.5 Å². The third-order valence-corrected chi connectivity index (χ3v) is 3.02. The summed E-state index contributed by atoms with van der Waals surface area (Å²) in [7, 11) is 3.95. The molecule has 0 saturated heterocycles. The molecule has 0 atom stereocenters. The minimum atomic E-state index is -0.0650. The van der Waals surface area contributed by atoms with Crippen LogP contribution in [0.5, 0.6) is 0 Å². The number of likely N-dealkylation sites (N-methyl/N-ethyl adjacent to an activating group) is 1. The summed E-state index contributed by atoms with van der Waals surface area (Å²) in [5.74, 6) is 0.368. The molecule has 0 bridgehead atoms. The van der Waals surface area contributed by atoms with Crippen molar-refractivity contribution in [3.8, 4) is 0 Å². The Morgan fingerprint density at radius 3 is 2.73 bits per heavy atom. The van der Waals surface area contributed by atoms with Gasteiger partial charge in [-0.3, -0.25) is 4.79 Å². The lowest BCUT2D eigenvalue weighted by Gasteiger charge is -2.10. The van der Waals surface area contributed by atoms with Crippen LogP contribution in [0.15, 0.2) is 29.3 Å². The Balaban J connectivity index is 2.56. The maximum atomic E-state index is 12.1. The van der Waals surface area contributed by atoms with Gasteiger partial charge in [0.2, 0.25) is 0 Å². The SMILES string of the molecule is CCCNC(N)=NCc1cccc(C(=O)NCCN(C)C)c1. The number of hydrogen-bond donors (Lipinski definition) is 3. The van der Waals surface area contributed by atoms with E-state index in [4.69, 9.17) is 5.73 Å². The van der Waals surface area contributed by atoms with Crippen molar-refractivity contribution in [2.24, 2.45) is 10.7 Å². The minimum absolute atomic E-state index is 0.0650. The number of amides is 1. The largest absolute Gasteiger partial charge is 0.370 e. The second kappa shape index (κ2) is 9.78. The molecule has 0 aromatic heterocycles. The predicted octanol–water partition coefficient (Wildman–Crippen LogP) is 0.792. The topological polar surface area (TPSA) is 82.7 Å². The minimum Gasteiger partial charge on any atom is -0.370 e. The van der Waals surface area contributed by atoms with Gasteiger partial charge in [0.25, 0.3) is 5.91 Å². The first kappa shape index (κ1) is 18.0. The summed E-state index contributed by atoms with van der Waals surface area (Å²) in [6.07, 6.45) is 0.999. The van der Waals surface area contributed by atoms with E-state index >= 15 is 0 Å². The number of aliphatic imine (C=N–C) groups is 1. The summed E-state index contributed by atoms with van der Waals surface area (Å²) >= 11 is 0. The first-order valence-electron chi connectivity index (χ1n) is 7.58. The third kappa shape index (κ3) is 7.08. The fraction of sp³-hybridized carbons (Fsp3) is 0.500. The molecule has 1 amide bonds. The second-order valence-corrected chi connectivity index (χ2v) is 5.39. The number of nitrogens with zero attached hydrogens (tertiary/aromatic N) is 2. The van der Waals surface area contributed by atoms with Crippen molar-refractivity contribution < 1.29 is 4.79 Å². The summed E-state index contributed by atoms with van der Waals surface area (Å²) in [5, 5.41) is 5.92. The molecular formula is C16H27N5O. The smallest absolute Gasteiger partial charge is 0.251 e. The van der Waals surface area contributed by atoms with Crippen LogP contribution in [-0.2, 0) is 6.54 Å². The first-order chi connectivity index (χ1) is 10.5. The molecule has 1 rings (SSSR count). The Morgan fingerprint density at radius 1 is 1.27 bits per heavy atom. The van der Waals surface area contributed by atoms with Crippen molar-refractivity contribution >= 4 is 11.9 Å². The average Bonchev–Trinajstić information content (AvgIpc) is 2.50. The zero-order chi connectivity index (χ0) is 16.4. The van der Waals surface area contributed by atoms with E-state index in [9.17, 15) is 4.79 Å². The first-order valence-corrected chi connectivity index (χ1v) is 7.58. The second-order valence-electron chi connectivity index (χ2n) is 5.39. The van der Waals surface area contributed by atoms with Gasteiger partial charge in [-0.05, 0) is 38.2 Å². The van der Waals surface area contributed by atoms with Crippen molar-refractivity contribution in [3.05, 3.63) is 35.4 Å². The van der Waals surface area contributed by atoms with Crippen LogP contribution in [0, 0.1) is 0 Å². The fourth-order valence-electron chi connectivity index (χ4n) is 1.79. The summed E-state index contributed by atoms with van der Waals surface area (Å²) < 4.78 is 0. The van der Waals surface area contributed by atoms with E-state index in [-0.39, 0.29) is 5.91 Å². The molecule has 1 aromatic carbocycles. The molecule has 4 N–H and O–H groups in total. The highest BCUT2D eigenvalue weighted by atomic mass is 16.1. The van der Waals surface area contributed by atoms with Gasteiger partial charge in [0.1, 0.15) is 0 Å². The van der Waals surface area contributed by atoms with E-state index in [0.29, 0.717) is 24.6 Å². The average molecular weight is 305 g/mol. The number of guanidine groups is 1. The predicted molar refractivity (Wildman–Crippen MR) is 90.9 cm³/mol. The lowest BCUT2D eigenvalue weighted by molar-refractivity contribution is 0.0951. The Labute approximate surface area is 132 Å². The molecule has 0 saturated carbocycles. The van der Waals surface area contributed by atoms with Gasteiger partial charge in [-0.2, -0.15) is 0 Å². The number of hydrogen-bond acceptors (Lipinski definition) is 3. The summed E-state index contributed by atoms with van der Waals surface area (Å²) in [6, 6.07) is 7.45. The van der Waals surface area contributed by atoms with Crippen molar-refractivity contribution in [1.82, 2.24) is 15.5 Å². The van der Waals surface area contributed by atoms with Crippen LogP contribution in [0.1, 0.15) is 29.3 Å². The Kier molecular flexibility index (Phi) is 7.99. The molecule has 0 aliphatic rings. The van der Waals surface area contributed by atoms with Gasteiger partial charge < -0.3 is 21.3 Å². The Morgan fingerprint density at radius 2 is 2.05 bits per heavy atom. The van der Waals surface area contributed by atoms with Crippen LogP contribution in [0.3, 0.4) is 0 Å². The molecule has 0 fully saturated rings. The van der Waals surface area contributed by atoms with Gasteiger partial charge in [-0.25, -0.2) is 4.99 Å². The van der Waals surface area contributed by atoms with E-state index in [1.807, 2.05) is 37.2 Å². The van der Waals surface area contributed by atoms with Crippen molar-refractivity contribution in [2.45, 2.75) is 19.9 Å². The van der Waals surface area contributed by atoms with Gasteiger partial charge in [0.05, 0.1) is 6.54 Å². The molecule has 122 valence electrons. The molecule has 0 radical (unpaired) electrons. The number of carbonyl (C=O) groups is 1. The van der Waals surface area contributed by atoms with Crippen LogP contribution in [0.4, 0.5) is 0 Å². The fourth-order valence-corrected chi connectivity index (χ4v) is 1.79. The highest BCUT2D eigenvalue weighted by Crippen LogP contribution is 2.06. The zero-order valence-electron chi connectivity index (χ0n) is 13.7. The van der Waals surface area contributed by atoms with E-state index in [2.05, 4.69) is 22.5 Å². The summed E-state index contributed by atoms with van der Waals surface area (Å²) in [4.78, 5) is 18.3. The maximum absolute atomic E-state index is 12.1. The molecular weight excluding hydrogens is 278 g/mol. The van der Waals surface area contributed by atoms with Crippen LogP contribution in [0.2, 0.25) is 0 Å². The van der Waals surface area contributed by atoms with Crippen molar-refractivity contribution in [3.63, 3.8) is 0 Å². The quantitative estimate of drug-likeness (QED) is 0.490. The van der Waals surface area contributed by atoms with Crippen molar-refractivity contribution in [2.75, 3.05) is 33.7 Å². The number of rotatable bonds is 8. The lowest BCUT2D eigenvalue weighted by atomic mass is 10.1. The Bertz CT molecular complexity index is 499. The molecule has 6 heteroatoms. The molecule has 0 unspecified atom stereocenters. The molecule has 0 aliphatic heterocycles. The van der Waals surface area contributed by atoms with Crippen molar-refractivity contribution in [1.29, 1.82) is 0 Å². The molecule has 22 heavy (non-hydrogen) atoms. The maximum Gasteiger partial charge on any atom is 0.251 e. The van der Waals surface area contributed by atoms with E-state index in [1.165, 1.54) is 0 Å². The van der Waals surface area contributed by atoms with Gasteiger partial charge >= 0.3 is 0 Å². The lowest BCUT2D eigenvalue weighted by Crippen LogP contribution is -2.32.